The highest BCUT2D eigenvalue weighted by Gasteiger charge is 2.25. The number of hydrogen-bond donors (Lipinski definition) is 2. The molecule has 0 spiro atoms. The number of likely N-dealkylation sites (N-methyl/N-ethyl adjacent to an activating group) is 1. The zero-order valence-corrected chi connectivity index (χ0v) is 22.2. The summed E-state index contributed by atoms with van der Waals surface area (Å²) in [5, 5.41) is 3.68. The first-order valence-corrected chi connectivity index (χ1v) is 12.6. The summed E-state index contributed by atoms with van der Waals surface area (Å²) < 4.78 is 20.5. The first kappa shape index (κ1) is 26.3. The van der Waals surface area contributed by atoms with Crippen molar-refractivity contribution in [2.24, 2.45) is 10.7 Å². The topological polar surface area (TPSA) is 106 Å². The van der Waals surface area contributed by atoms with Crippen molar-refractivity contribution in [3.05, 3.63) is 100.0 Å². The average molecular weight is 545 g/mol. The highest BCUT2D eigenvalue weighted by atomic mass is 35.5. The number of halogens is 2. The fraction of sp³-hybridized carbons (Fsp3) is 0.172. The van der Waals surface area contributed by atoms with Crippen molar-refractivity contribution >= 4 is 34.9 Å². The maximum absolute atomic E-state index is 15.1. The van der Waals surface area contributed by atoms with Crippen LogP contribution in [0.25, 0.3) is 11.3 Å². The van der Waals surface area contributed by atoms with E-state index in [-0.39, 0.29) is 18.0 Å². The lowest BCUT2D eigenvalue weighted by Gasteiger charge is -2.16. The number of methoxy groups -OCH3 is 1. The predicted octanol–water partition coefficient (Wildman–Crippen LogP) is 5.07. The number of ether oxygens (including phenoxy) is 1. The summed E-state index contributed by atoms with van der Waals surface area (Å²) >= 11 is 6.38. The highest BCUT2D eigenvalue weighted by Crippen LogP contribution is 2.36. The van der Waals surface area contributed by atoms with E-state index in [1.807, 2.05) is 6.07 Å². The molecule has 3 aromatic carbocycles. The van der Waals surface area contributed by atoms with Crippen LogP contribution in [0.15, 0.2) is 71.9 Å². The molecule has 1 aliphatic heterocycles. The van der Waals surface area contributed by atoms with E-state index in [0.717, 1.165) is 11.1 Å². The van der Waals surface area contributed by atoms with Gasteiger partial charge in [-0.2, -0.15) is 0 Å². The molecule has 4 aromatic rings. The van der Waals surface area contributed by atoms with Crippen LogP contribution < -0.4 is 15.8 Å². The molecule has 0 atom stereocenters. The van der Waals surface area contributed by atoms with Crippen LogP contribution in [0.1, 0.15) is 27.0 Å². The van der Waals surface area contributed by atoms with Gasteiger partial charge in [0, 0.05) is 59.3 Å². The Hall–Kier alpha value is -4.34. The number of nitrogens with two attached hydrogens (primary N) is 1. The molecule has 198 valence electrons. The molecule has 0 saturated carbocycles. The first-order chi connectivity index (χ1) is 18.9. The molecule has 1 aliphatic rings. The molecule has 0 bridgehead atoms. The van der Waals surface area contributed by atoms with E-state index in [1.165, 1.54) is 13.2 Å². The molecule has 0 unspecified atom stereocenters. The normalized spacial score (nSPS) is 12.1. The smallest absolute Gasteiger partial charge is 0.253 e. The van der Waals surface area contributed by atoms with Crippen LogP contribution >= 0.6 is 11.6 Å². The Kier molecular flexibility index (Phi) is 7.53. The number of aliphatic imine (C=N–C) groups is 1. The molecule has 8 nitrogen and oxygen atoms in total. The van der Waals surface area contributed by atoms with Crippen molar-refractivity contribution in [1.82, 2.24) is 14.9 Å². The summed E-state index contributed by atoms with van der Waals surface area (Å²) in [6, 6.07) is 17.1. The van der Waals surface area contributed by atoms with Crippen molar-refractivity contribution in [2.45, 2.75) is 6.54 Å². The molecule has 3 N–H and O–H groups in total. The van der Waals surface area contributed by atoms with Gasteiger partial charge >= 0.3 is 0 Å². The number of aromatic nitrogens is 2. The molecule has 0 aliphatic carbocycles. The molecule has 10 heteroatoms. The molecule has 39 heavy (non-hydrogen) atoms. The SMILES string of the molecule is COc1cccc(F)c1C1=NCc2cnc(Nc3ccc(C(=O)N(C)CCN)cc3)nc2-c2ccc(Cl)cc21. The largest absolute Gasteiger partial charge is 0.496 e. The molecular formula is C29H26ClFN6O2. The maximum atomic E-state index is 15.1. The molecular weight excluding hydrogens is 519 g/mol. The van der Waals surface area contributed by atoms with Gasteiger partial charge in [-0.1, -0.05) is 23.7 Å². The number of carbonyl (C=O) groups is 1. The Morgan fingerprint density at radius 2 is 1.95 bits per heavy atom. The van der Waals surface area contributed by atoms with E-state index in [1.54, 1.807) is 66.7 Å². The zero-order chi connectivity index (χ0) is 27.5. The number of nitrogens with one attached hydrogen (secondary N) is 1. The second kappa shape index (κ2) is 11.2. The molecule has 5 rings (SSSR count). The summed E-state index contributed by atoms with van der Waals surface area (Å²) in [5.74, 6) is 0.177. The van der Waals surface area contributed by atoms with E-state index in [4.69, 9.17) is 32.0 Å². The lowest BCUT2D eigenvalue weighted by Crippen LogP contribution is -2.31. The number of carbonyl (C=O) groups excluding carboxylic acids is 1. The Balaban J connectivity index is 1.50. The molecule has 1 amide bonds. The molecule has 2 heterocycles. The van der Waals surface area contributed by atoms with Gasteiger partial charge < -0.3 is 20.7 Å². The van der Waals surface area contributed by atoms with Gasteiger partial charge in [0.05, 0.1) is 30.6 Å². The van der Waals surface area contributed by atoms with E-state index < -0.39 is 5.82 Å². The van der Waals surface area contributed by atoms with Crippen molar-refractivity contribution in [1.29, 1.82) is 0 Å². The monoisotopic (exact) mass is 544 g/mol. The van der Waals surface area contributed by atoms with Crippen LogP contribution in [0.3, 0.4) is 0 Å². The Labute approximate surface area is 230 Å². The van der Waals surface area contributed by atoms with Crippen LogP contribution in [0, 0.1) is 5.82 Å². The van der Waals surface area contributed by atoms with Crippen molar-refractivity contribution in [3.63, 3.8) is 0 Å². The van der Waals surface area contributed by atoms with Gasteiger partial charge in [0.15, 0.2) is 0 Å². The number of fused-ring (bicyclic) bond motifs is 3. The number of benzene rings is 3. The average Bonchev–Trinajstić information content (AvgIpc) is 3.09. The fourth-order valence-electron chi connectivity index (χ4n) is 4.44. The fourth-order valence-corrected chi connectivity index (χ4v) is 4.62. The van der Waals surface area contributed by atoms with Crippen molar-refractivity contribution in [3.8, 4) is 17.0 Å². The third-order valence-corrected chi connectivity index (χ3v) is 6.63. The van der Waals surface area contributed by atoms with Gasteiger partial charge in [0.2, 0.25) is 5.95 Å². The molecule has 0 fully saturated rings. The molecule has 0 saturated heterocycles. The lowest BCUT2D eigenvalue weighted by molar-refractivity contribution is 0.0799. The minimum Gasteiger partial charge on any atom is -0.496 e. The second-order valence-corrected chi connectivity index (χ2v) is 9.39. The van der Waals surface area contributed by atoms with E-state index >= 15 is 4.39 Å². The Morgan fingerprint density at radius 3 is 2.69 bits per heavy atom. The van der Waals surface area contributed by atoms with Gasteiger partial charge in [-0.3, -0.25) is 9.79 Å². The van der Waals surface area contributed by atoms with Crippen LogP contribution in [-0.2, 0) is 6.54 Å². The van der Waals surface area contributed by atoms with Crippen LogP contribution in [0.2, 0.25) is 5.02 Å². The second-order valence-electron chi connectivity index (χ2n) is 8.96. The minimum atomic E-state index is -0.449. The standard InChI is InChI=1S/C29H26ClFN6O2/c1-37(13-12-32)28(38)17-6-9-20(10-7-17)35-29-34-16-18-15-33-27(25-23(31)4-3-5-24(25)39-2)22-14-19(30)8-11-21(22)26(18)36-29/h3-11,14,16H,12-13,15,32H2,1-2H3,(H,34,35,36). The number of nitrogens with zero attached hydrogens (tertiary/aromatic N) is 4. The van der Waals surface area contributed by atoms with Gasteiger partial charge in [-0.15, -0.1) is 0 Å². The third kappa shape index (κ3) is 5.32. The maximum Gasteiger partial charge on any atom is 0.253 e. The van der Waals surface area contributed by atoms with Gasteiger partial charge in [-0.05, 0) is 48.5 Å². The van der Waals surface area contributed by atoms with Crippen LogP contribution in [0.4, 0.5) is 16.0 Å². The number of rotatable bonds is 7. The number of hydrogen-bond acceptors (Lipinski definition) is 7. The first-order valence-electron chi connectivity index (χ1n) is 12.3. The van der Waals surface area contributed by atoms with Gasteiger partial charge in [0.1, 0.15) is 11.6 Å². The summed E-state index contributed by atoms with van der Waals surface area (Å²) in [7, 11) is 3.21. The number of amides is 1. The van der Waals surface area contributed by atoms with Gasteiger partial charge in [0.25, 0.3) is 5.91 Å². The molecule has 0 radical (unpaired) electrons. The summed E-state index contributed by atoms with van der Waals surface area (Å²) in [6.07, 6.45) is 1.70. The zero-order valence-electron chi connectivity index (χ0n) is 21.4. The summed E-state index contributed by atoms with van der Waals surface area (Å²) in [6.45, 7) is 1.11. The minimum absolute atomic E-state index is 0.106. The van der Waals surface area contributed by atoms with Crippen LogP contribution in [-0.4, -0.2) is 53.7 Å². The van der Waals surface area contributed by atoms with Crippen molar-refractivity contribution in [2.75, 3.05) is 32.6 Å². The van der Waals surface area contributed by atoms with Gasteiger partial charge in [-0.25, -0.2) is 14.4 Å². The van der Waals surface area contributed by atoms with E-state index in [0.29, 0.717) is 58.0 Å². The van der Waals surface area contributed by atoms with E-state index in [2.05, 4.69) is 10.3 Å². The van der Waals surface area contributed by atoms with Crippen molar-refractivity contribution < 1.29 is 13.9 Å². The highest BCUT2D eigenvalue weighted by molar-refractivity contribution is 6.31. The molecule has 1 aromatic heterocycles. The van der Waals surface area contributed by atoms with E-state index in [9.17, 15) is 4.79 Å². The Bertz CT molecular complexity index is 1580. The quantitative estimate of drug-likeness (QED) is 0.336. The Morgan fingerprint density at radius 1 is 1.15 bits per heavy atom. The lowest BCUT2D eigenvalue weighted by atomic mass is 9.94. The van der Waals surface area contributed by atoms with Crippen LogP contribution in [0.5, 0.6) is 5.75 Å². The summed E-state index contributed by atoms with van der Waals surface area (Å²) in [5.41, 5.74) is 10.3. The summed E-state index contributed by atoms with van der Waals surface area (Å²) in [4.78, 5) is 28.1. The third-order valence-electron chi connectivity index (χ3n) is 6.40. The number of anilines is 2. The predicted molar refractivity (Wildman–Crippen MR) is 151 cm³/mol.